The van der Waals surface area contributed by atoms with Crippen LogP contribution in [0.4, 0.5) is 17.1 Å². The van der Waals surface area contributed by atoms with Crippen LogP contribution in [0.15, 0.2) is 253 Å². The van der Waals surface area contributed by atoms with Gasteiger partial charge in [-0.1, -0.05) is 188 Å². The fraction of sp³-hybridized carbons (Fsp3) is 0. The summed E-state index contributed by atoms with van der Waals surface area (Å²) in [6.07, 6.45) is 0. The summed E-state index contributed by atoms with van der Waals surface area (Å²) >= 11 is 1.85. The molecule has 3 heteroatoms. The summed E-state index contributed by atoms with van der Waals surface area (Å²) in [5, 5.41) is 7.11. The Morgan fingerprint density at radius 2 is 0.896 bits per heavy atom. The standard InChI is InChI=1S/C64H41NOS/c1-5-15-42(16-6-1)48-29-35-56-59(39-48)66-64-54(44-19-9-3-10-20-44)36-37-58(63(56)64)65(51-32-38-60-57(41-51)55-34-28-49(40-61(55)67-60)43-17-7-2-8-18-43)50-30-25-46(26-31-50)53-33-27-45-21-13-14-24-52(45)62(53)47-22-11-4-12-23-47/h1-41H. The first-order valence-electron chi connectivity index (χ1n) is 22.8. The largest absolute Gasteiger partial charge is 0.455 e. The van der Waals surface area contributed by atoms with E-state index in [4.69, 9.17) is 4.42 Å². The zero-order chi connectivity index (χ0) is 44.3. The number of benzene rings is 11. The maximum atomic E-state index is 7.07. The van der Waals surface area contributed by atoms with Crippen molar-refractivity contribution < 1.29 is 4.42 Å². The summed E-state index contributed by atoms with van der Waals surface area (Å²) in [6, 6.07) is 90.0. The lowest BCUT2D eigenvalue weighted by Gasteiger charge is -2.27. The normalized spacial score (nSPS) is 11.6. The Bertz CT molecular complexity index is 3950. The van der Waals surface area contributed by atoms with Gasteiger partial charge in [-0.25, -0.2) is 0 Å². The van der Waals surface area contributed by atoms with Crippen LogP contribution < -0.4 is 4.90 Å². The van der Waals surface area contributed by atoms with Crippen LogP contribution in [-0.2, 0) is 0 Å². The van der Waals surface area contributed by atoms with Crippen LogP contribution in [-0.4, -0.2) is 0 Å². The van der Waals surface area contributed by atoms with Gasteiger partial charge in [-0.2, -0.15) is 0 Å². The van der Waals surface area contributed by atoms with E-state index in [1.807, 2.05) is 11.3 Å². The Morgan fingerprint density at radius 1 is 0.328 bits per heavy atom. The molecule has 0 N–H and O–H groups in total. The number of rotatable bonds is 8. The van der Waals surface area contributed by atoms with Crippen molar-refractivity contribution >= 4 is 81.3 Å². The predicted molar refractivity (Wildman–Crippen MR) is 286 cm³/mol. The number of anilines is 3. The van der Waals surface area contributed by atoms with E-state index in [1.165, 1.54) is 58.8 Å². The Kier molecular flexibility index (Phi) is 9.40. The molecule has 0 saturated heterocycles. The second kappa shape index (κ2) is 16.2. The van der Waals surface area contributed by atoms with Gasteiger partial charge in [0.15, 0.2) is 0 Å². The summed E-state index contributed by atoms with van der Waals surface area (Å²) in [7, 11) is 0. The topological polar surface area (TPSA) is 16.4 Å². The summed E-state index contributed by atoms with van der Waals surface area (Å²) in [5.74, 6) is 0. The Balaban J connectivity index is 1.03. The maximum Gasteiger partial charge on any atom is 0.145 e. The molecule has 67 heavy (non-hydrogen) atoms. The van der Waals surface area contributed by atoms with Crippen LogP contribution in [0.3, 0.4) is 0 Å². The predicted octanol–water partition coefficient (Wildman–Crippen LogP) is 18.9. The quantitative estimate of drug-likeness (QED) is 0.151. The highest BCUT2D eigenvalue weighted by Crippen LogP contribution is 2.49. The van der Waals surface area contributed by atoms with Gasteiger partial charge in [-0.3, -0.25) is 0 Å². The zero-order valence-corrected chi connectivity index (χ0v) is 37.3. The van der Waals surface area contributed by atoms with E-state index >= 15 is 0 Å². The van der Waals surface area contributed by atoms with Crippen molar-refractivity contribution in [3.8, 4) is 55.6 Å². The molecule has 0 saturated carbocycles. The van der Waals surface area contributed by atoms with Gasteiger partial charge in [-0.15, -0.1) is 11.3 Å². The third-order valence-electron chi connectivity index (χ3n) is 13.3. The molecule has 0 amide bonds. The number of hydrogen-bond acceptors (Lipinski definition) is 3. The molecule has 0 bridgehead atoms. The van der Waals surface area contributed by atoms with E-state index < -0.39 is 0 Å². The van der Waals surface area contributed by atoms with Crippen molar-refractivity contribution in [2.24, 2.45) is 0 Å². The van der Waals surface area contributed by atoms with Crippen LogP contribution in [0.5, 0.6) is 0 Å². The summed E-state index contributed by atoms with van der Waals surface area (Å²) in [6.45, 7) is 0. The minimum Gasteiger partial charge on any atom is -0.455 e. The van der Waals surface area contributed by atoms with Gasteiger partial charge < -0.3 is 9.32 Å². The second-order valence-corrected chi connectivity index (χ2v) is 18.3. The first-order chi connectivity index (χ1) is 33.2. The molecule has 0 atom stereocenters. The van der Waals surface area contributed by atoms with E-state index in [0.717, 1.165) is 66.8 Å². The molecule has 2 heterocycles. The highest BCUT2D eigenvalue weighted by molar-refractivity contribution is 7.25. The van der Waals surface area contributed by atoms with Gasteiger partial charge in [0.1, 0.15) is 11.2 Å². The van der Waals surface area contributed by atoms with E-state index in [2.05, 4.69) is 254 Å². The molecule has 2 nitrogen and oxygen atoms in total. The van der Waals surface area contributed by atoms with Crippen LogP contribution in [0.2, 0.25) is 0 Å². The average Bonchev–Trinajstić information content (AvgIpc) is 3.98. The van der Waals surface area contributed by atoms with Crippen molar-refractivity contribution in [1.82, 2.24) is 0 Å². The maximum absolute atomic E-state index is 7.07. The molecule has 0 aliphatic rings. The molecule has 13 aromatic rings. The van der Waals surface area contributed by atoms with E-state index in [-0.39, 0.29) is 0 Å². The fourth-order valence-corrected chi connectivity index (χ4v) is 11.2. The van der Waals surface area contributed by atoms with Gasteiger partial charge in [0.05, 0.1) is 11.1 Å². The third-order valence-corrected chi connectivity index (χ3v) is 14.4. The molecular formula is C64H41NOS. The second-order valence-electron chi connectivity index (χ2n) is 17.2. The molecule has 314 valence electrons. The third kappa shape index (κ3) is 6.79. The lowest BCUT2D eigenvalue weighted by atomic mass is 9.89. The fourth-order valence-electron chi connectivity index (χ4n) is 10.1. The van der Waals surface area contributed by atoms with Crippen molar-refractivity contribution in [2.45, 2.75) is 0 Å². The van der Waals surface area contributed by atoms with Gasteiger partial charge >= 0.3 is 0 Å². The Labute approximate surface area is 392 Å². The van der Waals surface area contributed by atoms with Gasteiger partial charge in [0.25, 0.3) is 0 Å². The molecule has 0 aliphatic carbocycles. The Morgan fingerprint density at radius 3 is 1.61 bits per heavy atom. The number of hydrogen-bond donors (Lipinski definition) is 0. The van der Waals surface area contributed by atoms with Crippen LogP contribution in [0.1, 0.15) is 0 Å². The lowest BCUT2D eigenvalue weighted by Crippen LogP contribution is -2.10. The van der Waals surface area contributed by atoms with Crippen molar-refractivity contribution in [3.63, 3.8) is 0 Å². The zero-order valence-electron chi connectivity index (χ0n) is 36.4. The van der Waals surface area contributed by atoms with E-state index in [9.17, 15) is 0 Å². The number of nitrogens with zero attached hydrogens (tertiary/aromatic N) is 1. The van der Waals surface area contributed by atoms with Crippen LogP contribution in [0, 0.1) is 0 Å². The first kappa shape index (κ1) is 38.9. The molecule has 0 unspecified atom stereocenters. The minimum absolute atomic E-state index is 0.856. The molecule has 0 spiro atoms. The average molecular weight is 872 g/mol. The van der Waals surface area contributed by atoms with Crippen LogP contribution >= 0.6 is 11.3 Å². The minimum atomic E-state index is 0.856. The monoisotopic (exact) mass is 871 g/mol. The SMILES string of the molecule is c1ccc(-c2ccc3c(c2)oc2c(-c4ccccc4)ccc(N(c4ccc(-c5ccc6ccccc6c5-c5ccccc5)cc4)c4ccc5sc6cc(-c7ccccc7)ccc6c5c4)c23)cc1. The summed E-state index contributed by atoms with van der Waals surface area (Å²) in [5.41, 5.74) is 16.6. The molecule has 0 radical (unpaired) electrons. The highest BCUT2D eigenvalue weighted by Gasteiger charge is 2.24. The smallest absolute Gasteiger partial charge is 0.145 e. The van der Waals surface area contributed by atoms with E-state index in [1.54, 1.807) is 0 Å². The molecular weight excluding hydrogens is 831 g/mol. The number of furan rings is 1. The summed E-state index contributed by atoms with van der Waals surface area (Å²) < 4.78 is 9.60. The molecule has 13 rings (SSSR count). The summed E-state index contributed by atoms with van der Waals surface area (Å²) in [4.78, 5) is 2.43. The Hall–Kier alpha value is -8.50. The number of thiophene rings is 1. The highest BCUT2D eigenvalue weighted by atomic mass is 32.1. The van der Waals surface area contributed by atoms with Gasteiger partial charge in [0, 0.05) is 42.5 Å². The van der Waals surface area contributed by atoms with E-state index in [0.29, 0.717) is 0 Å². The van der Waals surface area contributed by atoms with Gasteiger partial charge in [0.2, 0.25) is 0 Å². The molecule has 0 aliphatic heterocycles. The van der Waals surface area contributed by atoms with Crippen molar-refractivity contribution in [1.29, 1.82) is 0 Å². The van der Waals surface area contributed by atoms with Gasteiger partial charge in [-0.05, 0) is 122 Å². The van der Waals surface area contributed by atoms with Crippen molar-refractivity contribution in [2.75, 3.05) is 4.90 Å². The lowest BCUT2D eigenvalue weighted by molar-refractivity contribution is 0.670. The van der Waals surface area contributed by atoms with Crippen molar-refractivity contribution in [3.05, 3.63) is 249 Å². The number of fused-ring (bicyclic) bond motifs is 7. The first-order valence-corrected chi connectivity index (χ1v) is 23.6. The molecule has 11 aromatic carbocycles. The molecule has 2 aromatic heterocycles. The van der Waals surface area contributed by atoms with Crippen LogP contribution in [0.25, 0.3) is 109 Å². The molecule has 0 fully saturated rings.